The summed E-state index contributed by atoms with van der Waals surface area (Å²) < 4.78 is 20.1. The maximum atomic E-state index is 13.5. The Bertz CT molecular complexity index is 780. The van der Waals surface area contributed by atoms with Gasteiger partial charge >= 0.3 is 0 Å². The van der Waals surface area contributed by atoms with Crippen molar-refractivity contribution in [3.8, 4) is 5.75 Å². The van der Waals surface area contributed by atoms with Gasteiger partial charge in [-0.15, -0.1) is 0 Å². The van der Waals surface area contributed by atoms with E-state index in [4.69, 9.17) is 4.74 Å². The molecule has 2 heteroatoms. The van der Waals surface area contributed by atoms with Crippen LogP contribution in [0.25, 0.3) is 5.57 Å². The molecule has 0 N–H and O–H groups in total. The second-order valence-electron chi connectivity index (χ2n) is 7.25. The molecule has 1 saturated carbocycles. The Kier molecular flexibility index (Phi) is 3.71. The van der Waals surface area contributed by atoms with Crippen molar-refractivity contribution in [1.29, 1.82) is 0 Å². The number of ether oxygens (including phenoxy) is 1. The smallest absolute Gasteiger partial charge is 0.131 e. The summed E-state index contributed by atoms with van der Waals surface area (Å²) in [5, 5.41) is 0. The highest BCUT2D eigenvalue weighted by atomic mass is 19.1. The standard InChI is InChI=1S/C22H23FO/c1-15(2)21-20(16-9-11-17(23)12-10-16)18-7-3-4-8-19(18)24-22(21)13-5-6-14-22/h3-4,7-12,15H,5-6,13-14H2,1-2H3. The van der Waals surface area contributed by atoms with E-state index in [0.717, 1.165) is 29.7 Å². The van der Waals surface area contributed by atoms with Crippen molar-refractivity contribution in [1.82, 2.24) is 0 Å². The zero-order valence-corrected chi connectivity index (χ0v) is 14.3. The predicted octanol–water partition coefficient (Wildman–Crippen LogP) is 5.99. The lowest BCUT2D eigenvalue weighted by atomic mass is 9.75. The summed E-state index contributed by atoms with van der Waals surface area (Å²) in [5.41, 5.74) is 4.65. The second-order valence-corrected chi connectivity index (χ2v) is 7.25. The van der Waals surface area contributed by atoms with Gasteiger partial charge in [-0.25, -0.2) is 4.39 Å². The monoisotopic (exact) mass is 322 g/mol. The highest BCUT2D eigenvalue weighted by Gasteiger charge is 2.45. The lowest BCUT2D eigenvalue weighted by molar-refractivity contribution is 0.101. The average molecular weight is 322 g/mol. The third kappa shape index (κ3) is 2.36. The van der Waals surface area contributed by atoms with Crippen LogP contribution < -0.4 is 4.74 Å². The Morgan fingerprint density at radius 2 is 1.62 bits per heavy atom. The summed E-state index contributed by atoms with van der Waals surface area (Å²) in [4.78, 5) is 0. The van der Waals surface area contributed by atoms with Gasteiger partial charge in [0.15, 0.2) is 0 Å². The van der Waals surface area contributed by atoms with Gasteiger partial charge in [0.05, 0.1) is 0 Å². The van der Waals surface area contributed by atoms with Crippen molar-refractivity contribution in [3.05, 3.63) is 71.0 Å². The van der Waals surface area contributed by atoms with Gasteiger partial charge in [0.1, 0.15) is 17.2 Å². The Hall–Kier alpha value is -2.09. The molecule has 1 fully saturated rings. The molecule has 1 spiro atoms. The van der Waals surface area contributed by atoms with Gasteiger partial charge < -0.3 is 4.74 Å². The molecule has 1 heterocycles. The van der Waals surface area contributed by atoms with E-state index in [1.165, 1.54) is 24.0 Å². The van der Waals surface area contributed by atoms with Crippen molar-refractivity contribution in [3.63, 3.8) is 0 Å². The molecule has 0 radical (unpaired) electrons. The van der Waals surface area contributed by atoms with Gasteiger partial charge in [-0.3, -0.25) is 0 Å². The first-order valence-corrected chi connectivity index (χ1v) is 8.90. The SMILES string of the molecule is CC(C)C1=C(c2ccc(F)cc2)c2ccccc2OC12CCCC2. The van der Waals surface area contributed by atoms with Gasteiger partial charge in [-0.05, 0) is 66.5 Å². The van der Waals surface area contributed by atoms with Crippen LogP contribution in [0.1, 0.15) is 50.7 Å². The Balaban J connectivity index is 2.02. The van der Waals surface area contributed by atoms with Gasteiger partial charge in [0, 0.05) is 5.56 Å². The van der Waals surface area contributed by atoms with Gasteiger partial charge in [0.25, 0.3) is 0 Å². The maximum Gasteiger partial charge on any atom is 0.131 e. The minimum atomic E-state index is -0.193. The molecule has 0 unspecified atom stereocenters. The topological polar surface area (TPSA) is 9.23 Å². The molecule has 124 valence electrons. The molecular weight excluding hydrogens is 299 g/mol. The van der Waals surface area contributed by atoms with Crippen LogP contribution >= 0.6 is 0 Å². The first-order valence-electron chi connectivity index (χ1n) is 8.90. The maximum absolute atomic E-state index is 13.5. The molecular formula is C22H23FO. The summed E-state index contributed by atoms with van der Waals surface area (Å²) in [6.45, 7) is 4.49. The molecule has 1 aliphatic heterocycles. The van der Waals surface area contributed by atoms with Crippen molar-refractivity contribution in [2.75, 3.05) is 0 Å². The van der Waals surface area contributed by atoms with Crippen molar-refractivity contribution in [2.24, 2.45) is 5.92 Å². The zero-order chi connectivity index (χ0) is 16.7. The molecule has 0 amide bonds. The van der Waals surface area contributed by atoms with E-state index in [1.54, 1.807) is 12.1 Å². The molecule has 2 aromatic carbocycles. The molecule has 1 aliphatic carbocycles. The zero-order valence-electron chi connectivity index (χ0n) is 14.3. The normalized spacial score (nSPS) is 18.8. The van der Waals surface area contributed by atoms with Crippen molar-refractivity contribution in [2.45, 2.75) is 45.1 Å². The molecule has 0 aromatic heterocycles. The summed E-state index contributed by atoms with van der Waals surface area (Å²) in [5.74, 6) is 1.15. The molecule has 0 saturated heterocycles. The first kappa shape index (κ1) is 15.4. The van der Waals surface area contributed by atoms with E-state index >= 15 is 0 Å². The molecule has 4 rings (SSSR count). The van der Waals surface area contributed by atoms with Crippen LogP contribution in [0.3, 0.4) is 0 Å². The van der Waals surface area contributed by atoms with Crippen LogP contribution in [0.15, 0.2) is 54.1 Å². The number of halogens is 1. The molecule has 24 heavy (non-hydrogen) atoms. The van der Waals surface area contributed by atoms with Crippen LogP contribution in [0.5, 0.6) is 5.75 Å². The Labute approximate surface area is 143 Å². The van der Waals surface area contributed by atoms with Crippen LogP contribution in [-0.4, -0.2) is 5.60 Å². The second kappa shape index (κ2) is 5.77. The highest BCUT2D eigenvalue weighted by Crippen LogP contribution is 2.52. The van der Waals surface area contributed by atoms with Crippen LogP contribution in [-0.2, 0) is 0 Å². The van der Waals surface area contributed by atoms with Crippen LogP contribution in [0.2, 0.25) is 0 Å². The third-order valence-electron chi connectivity index (χ3n) is 5.34. The lowest BCUT2D eigenvalue weighted by Gasteiger charge is -2.41. The number of hydrogen-bond acceptors (Lipinski definition) is 1. The van der Waals surface area contributed by atoms with Crippen LogP contribution in [0, 0.1) is 11.7 Å². The summed E-state index contributed by atoms with van der Waals surface area (Å²) >= 11 is 0. The fourth-order valence-corrected chi connectivity index (χ4v) is 4.46. The van der Waals surface area contributed by atoms with Gasteiger partial charge in [0.2, 0.25) is 0 Å². The van der Waals surface area contributed by atoms with E-state index in [1.807, 2.05) is 18.2 Å². The van der Waals surface area contributed by atoms with Gasteiger partial charge in [-0.1, -0.05) is 44.2 Å². The van der Waals surface area contributed by atoms with E-state index in [-0.39, 0.29) is 11.4 Å². The summed E-state index contributed by atoms with van der Waals surface area (Å²) in [7, 11) is 0. The third-order valence-corrected chi connectivity index (χ3v) is 5.34. The number of rotatable bonds is 2. The highest BCUT2D eigenvalue weighted by molar-refractivity contribution is 5.87. The number of benzene rings is 2. The van der Waals surface area contributed by atoms with Crippen LogP contribution in [0.4, 0.5) is 4.39 Å². The first-order chi connectivity index (χ1) is 11.6. The fourth-order valence-electron chi connectivity index (χ4n) is 4.46. The van der Waals surface area contributed by atoms with E-state index in [2.05, 4.69) is 32.0 Å². The minimum absolute atomic E-state index is 0.188. The number of hydrogen-bond donors (Lipinski definition) is 0. The molecule has 1 nitrogen and oxygen atoms in total. The summed E-state index contributed by atoms with van der Waals surface area (Å²) in [6.07, 6.45) is 4.54. The van der Waals surface area contributed by atoms with E-state index in [0.29, 0.717) is 5.92 Å². The number of para-hydroxylation sites is 1. The van der Waals surface area contributed by atoms with E-state index in [9.17, 15) is 4.39 Å². The van der Waals surface area contributed by atoms with Crippen molar-refractivity contribution < 1.29 is 9.13 Å². The minimum Gasteiger partial charge on any atom is -0.482 e. The molecule has 0 bridgehead atoms. The average Bonchev–Trinajstić information content (AvgIpc) is 3.02. The fraction of sp³-hybridized carbons (Fsp3) is 0.364. The summed E-state index contributed by atoms with van der Waals surface area (Å²) in [6, 6.07) is 15.2. The Morgan fingerprint density at radius 3 is 2.29 bits per heavy atom. The quantitative estimate of drug-likeness (QED) is 0.660. The molecule has 2 aromatic rings. The largest absolute Gasteiger partial charge is 0.482 e. The lowest BCUT2D eigenvalue weighted by Crippen LogP contribution is -2.40. The van der Waals surface area contributed by atoms with E-state index < -0.39 is 0 Å². The predicted molar refractivity (Wildman–Crippen MR) is 95.5 cm³/mol. The number of fused-ring (bicyclic) bond motifs is 1. The Morgan fingerprint density at radius 1 is 0.958 bits per heavy atom. The van der Waals surface area contributed by atoms with Crippen molar-refractivity contribution >= 4 is 5.57 Å². The molecule has 0 atom stereocenters. The molecule has 2 aliphatic rings. The van der Waals surface area contributed by atoms with Gasteiger partial charge in [-0.2, -0.15) is 0 Å².